The van der Waals surface area contributed by atoms with Crippen molar-refractivity contribution in [2.45, 2.75) is 75.2 Å². The van der Waals surface area contributed by atoms with Gasteiger partial charge in [0.05, 0.1) is 12.6 Å². The maximum atomic E-state index is 14.8. The number of likely N-dealkylation sites (tertiary alicyclic amines) is 1. The van der Waals surface area contributed by atoms with Gasteiger partial charge in [0.15, 0.2) is 11.6 Å². The molecule has 0 radical (unpaired) electrons. The van der Waals surface area contributed by atoms with Crippen LogP contribution in [-0.2, 0) is 4.79 Å². The Balaban J connectivity index is 1.10. The monoisotopic (exact) mass is 519 g/mol. The Labute approximate surface area is 220 Å². The van der Waals surface area contributed by atoms with Gasteiger partial charge in [-0.3, -0.25) is 14.8 Å². The van der Waals surface area contributed by atoms with E-state index in [4.69, 9.17) is 4.98 Å². The van der Waals surface area contributed by atoms with Crippen molar-refractivity contribution in [1.82, 2.24) is 35.0 Å². The van der Waals surface area contributed by atoms with Crippen LogP contribution in [0.1, 0.15) is 56.6 Å². The van der Waals surface area contributed by atoms with Gasteiger partial charge < -0.3 is 15.5 Å². The molecule has 200 valence electrons. The average Bonchev–Trinajstić information content (AvgIpc) is 3.82. The number of carbonyl (C=O) groups excluding carboxylic acids is 1. The number of alkyl halides is 1. The molecule has 4 fully saturated rings. The fraction of sp³-hybridized carbons (Fsp3) is 0.556. The van der Waals surface area contributed by atoms with E-state index in [1.54, 1.807) is 9.42 Å². The minimum atomic E-state index is -1.10. The molecule has 2 aliphatic carbocycles. The van der Waals surface area contributed by atoms with Crippen LogP contribution in [0.2, 0.25) is 0 Å². The Bertz CT molecular complexity index is 1360. The zero-order valence-electron chi connectivity index (χ0n) is 21.4. The first-order valence-corrected chi connectivity index (χ1v) is 13.8. The summed E-state index contributed by atoms with van der Waals surface area (Å²) in [5.41, 5.74) is 2.26. The smallest absolute Gasteiger partial charge is 0.248 e. The summed E-state index contributed by atoms with van der Waals surface area (Å²) in [5, 5.41) is 18.6. The van der Waals surface area contributed by atoms with Gasteiger partial charge in [0, 0.05) is 54.5 Å². The molecule has 3 atom stereocenters. The molecule has 0 spiro atoms. The topological polar surface area (TPSA) is 106 Å². The van der Waals surface area contributed by atoms with Crippen LogP contribution >= 0.6 is 0 Å². The van der Waals surface area contributed by atoms with Gasteiger partial charge in [-0.1, -0.05) is 6.58 Å². The zero-order valence-corrected chi connectivity index (χ0v) is 21.4. The summed E-state index contributed by atoms with van der Waals surface area (Å²) in [6, 6.07) is 6.09. The summed E-state index contributed by atoms with van der Waals surface area (Å²) in [6.45, 7) is 6.21. The van der Waals surface area contributed by atoms with Crippen LogP contribution < -0.4 is 15.5 Å². The van der Waals surface area contributed by atoms with Gasteiger partial charge in [0.1, 0.15) is 11.7 Å². The molecule has 7 rings (SSSR count). The first-order valence-electron chi connectivity index (χ1n) is 13.8. The first-order chi connectivity index (χ1) is 18.5. The van der Waals surface area contributed by atoms with Gasteiger partial charge in [-0.25, -0.2) is 8.91 Å². The quantitative estimate of drug-likeness (QED) is 0.392. The molecule has 10 nitrogen and oxygen atoms in total. The minimum Gasteiger partial charge on any atom is -0.348 e. The summed E-state index contributed by atoms with van der Waals surface area (Å²) < 4.78 is 16.5. The van der Waals surface area contributed by atoms with E-state index >= 15 is 0 Å². The molecular weight excluding hydrogens is 485 g/mol. The third-order valence-electron chi connectivity index (χ3n) is 8.29. The van der Waals surface area contributed by atoms with Gasteiger partial charge >= 0.3 is 0 Å². The Morgan fingerprint density at radius 3 is 2.87 bits per heavy atom. The summed E-state index contributed by atoms with van der Waals surface area (Å²) in [7, 11) is 0. The van der Waals surface area contributed by atoms with Crippen molar-refractivity contribution in [3.8, 4) is 0 Å². The van der Waals surface area contributed by atoms with E-state index in [1.165, 1.54) is 25.7 Å². The molecule has 4 aliphatic rings. The molecule has 3 aromatic rings. The van der Waals surface area contributed by atoms with Gasteiger partial charge in [-0.05, 0) is 57.2 Å². The number of aromatic amines is 1. The molecule has 38 heavy (non-hydrogen) atoms. The van der Waals surface area contributed by atoms with Crippen LogP contribution in [0.3, 0.4) is 0 Å². The number of amides is 1. The van der Waals surface area contributed by atoms with E-state index < -0.39 is 12.2 Å². The van der Waals surface area contributed by atoms with E-state index in [0.717, 1.165) is 37.1 Å². The molecule has 2 aliphatic heterocycles. The Morgan fingerprint density at radius 2 is 2.05 bits per heavy atom. The van der Waals surface area contributed by atoms with E-state index in [2.05, 4.69) is 37.4 Å². The Hall–Kier alpha value is -3.47. The molecule has 3 aromatic heterocycles. The second-order valence-corrected chi connectivity index (χ2v) is 11.3. The maximum Gasteiger partial charge on any atom is 0.248 e. The van der Waals surface area contributed by atoms with Gasteiger partial charge in [-0.2, -0.15) is 10.1 Å². The lowest BCUT2D eigenvalue weighted by molar-refractivity contribution is -0.118. The lowest BCUT2D eigenvalue weighted by Crippen LogP contribution is -2.50. The second kappa shape index (κ2) is 9.37. The van der Waals surface area contributed by atoms with Crippen molar-refractivity contribution in [2.24, 2.45) is 0 Å². The van der Waals surface area contributed by atoms with Crippen LogP contribution in [0.4, 0.5) is 22.0 Å². The van der Waals surface area contributed by atoms with E-state index in [1.807, 2.05) is 24.4 Å². The number of fused-ring (bicyclic) bond motifs is 1. The number of carbonyl (C=O) groups is 1. The summed E-state index contributed by atoms with van der Waals surface area (Å²) in [5.74, 6) is 1.96. The fourth-order valence-corrected chi connectivity index (χ4v) is 5.92. The highest BCUT2D eigenvalue weighted by Gasteiger charge is 2.39. The van der Waals surface area contributed by atoms with Crippen LogP contribution in [0.25, 0.3) is 5.52 Å². The number of aromatic nitrogens is 5. The SMILES string of the molecule is C=C(C(=O)N[C@@H]1CCCN(C2CC2)C1)[C@@H]1C[C@@H](F)CN1c1nc(Nc2cc(C3CC3)[nH]n2)c2cccn2n1. The molecule has 11 heteroatoms. The van der Waals surface area contributed by atoms with E-state index in [0.29, 0.717) is 35.1 Å². The number of nitrogens with one attached hydrogen (secondary N) is 3. The third kappa shape index (κ3) is 4.63. The lowest BCUT2D eigenvalue weighted by Gasteiger charge is -2.34. The van der Waals surface area contributed by atoms with E-state index in [-0.39, 0.29) is 24.9 Å². The Morgan fingerprint density at radius 1 is 1.18 bits per heavy atom. The number of hydrogen-bond acceptors (Lipinski definition) is 7. The second-order valence-electron chi connectivity index (χ2n) is 11.3. The van der Waals surface area contributed by atoms with Crippen LogP contribution in [0.5, 0.6) is 0 Å². The lowest BCUT2D eigenvalue weighted by atomic mass is 10.0. The molecule has 0 aromatic carbocycles. The number of H-pyrrole nitrogens is 1. The van der Waals surface area contributed by atoms with Crippen molar-refractivity contribution in [3.05, 3.63) is 42.2 Å². The van der Waals surface area contributed by atoms with Crippen LogP contribution in [0, 0.1) is 0 Å². The largest absolute Gasteiger partial charge is 0.348 e. The summed E-state index contributed by atoms with van der Waals surface area (Å²) in [4.78, 5) is 22.3. The number of anilines is 3. The standard InChI is InChI=1S/C27H34FN9O/c1-16(26(38)29-19-4-2-10-35(15-19)20-8-9-20)23-12-18(28)14-36(23)27-31-25(22-5-3-11-37(22)34-27)30-24-13-21(32-33-24)17-6-7-17/h3,5,11,13,17-20,23H,1-2,4,6-10,12,14-15H2,(H,29,38)(H2,30,31,32,33,34)/t18-,19-,23+/m1/s1. The van der Waals surface area contributed by atoms with Crippen molar-refractivity contribution < 1.29 is 9.18 Å². The zero-order chi connectivity index (χ0) is 25.8. The molecule has 5 heterocycles. The molecule has 0 unspecified atom stereocenters. The molecule has 3 N–H and O–H groups in total. The normalized spacial score (nSPS) is 26.1. The van der Waals surface area contributed by atoms with E-state index in [9.17, 15) is 9.18 Å². The minimum absolute atomic E-state index is 0.0993. The molecule has 2 saturated carbocycles. The highest BCUT2D eigenvalue weighted by molar-refractivity contribution is 5.95. The number of nitrogens with zero attached hydrogens (tertiary/aromatic N) is 6. The first kappa shape index (κ1) is 23.6. The predicted octanol–water partition coefficient (Wildman–Crippen LogP) is 3.29. The molecule has 1 amide bonds. The van der Waals surface area contributed by atoms with Crippen molar-refractivity contribution >= 4 is 29.0 Å². The van der Waals surface area contributed by atoms with Crippen LogP contribution in [-0.4, -0.2) is 79.5 Å². The maximum absolute atomic E-state index is 14.8. The van der Waals surface area contributed by atoms with Crippen molar-refractivity contribution in [3.63, 3.8) is 0 Å². The van der Waals surface area contributed by atoms with Gasteiger partial charge in [-0.15, -0.1) is 5.10 Å². The highest BCUT2D eigenvalue weighted by atomic mass is 19.1. The third-order valence-corrected chi connectivity index (χ3v) is 8.29. The molecular formula is C27H34FN9O. The molecule has 0 bridgehead atoms. The fourth-order valence-electron chi connectivity index (χ4n) is 5.92. The van der Waals surface area contributed by atoms with Crippen molar-refractivity contribution in [2.75, 3.05) is 29.9 Å². The average molecular weight is 520 g/mol. The van der Waals surface area contributed by atoms with Crippen LogP contribution in [0.15, 0.2) is 36.5 Å². The summed E-state index contributed by atoms with van der Waals surface area (Å²) >= 11 is 0. The number of piperidine rings is 1. The van der Waals surface area contributed by atoms with Gasteiger partial charge in [0.25, 0.3) is 0 Å². The molecule has 2 saturated heterocycles. The highest BCUT2D eigenvalue weighted by Crippen LogP contribution is 2.40. The number of halogens is 1. The predicted molar refractivity (Wildman–Crippen MR) is 142 cm³/mol. The Kier molecular flexibility index (Phi) is 5.83. The summed E-state index contributed by atoms with van der Waals surface area (Å²) in [6.07, 6.45) is 7.83. The number of rotatable bonds is 8. The van der Waals surface area contributed by atoms with Crippen molar-refractivity contribution in [1.29, 1.82) is 0 Å². The number of hydrogen-bond donors (Lipinski definition) is 3. The van der Waals surface area contributed by atoms with Gasteiger partial charge in [0.2, 0.25) is 11.9 Å².